The van der Waals surface area contributed by atoms with Gasteiger partial charge in [0.1, 0.15) is 0 Å². The zero-order valence-electron chi connectivity index (χ0n) is 15.1. The molecular formula is C21H29F2NO. The molecule has 0 N–H and O–H groups in total. The van der Waals surface area contributed by atoms with Crippen LogP contribution >= 0.6 is 0 Å². The van der Waals surface area contributed by atoms with Crippen LogP contribution in [0.1, 0.15) is 69.8 Å². The number of rotatable bonds is 5. The van der Waals surface area contributed by atoms with Gasteiger partial charge in [0, 0.05) is 6.04 Å². The molecule has 0 saturated heterocycles. The summed E-state index contributed by atoms with van der Waals surface area (Å²) < 4.78 is 33.7. The molecule has 2 fully saturated rings. The van der Waals surface area contributed by atoms with Crippen molar-refractivity contribution in [3.8, 4) is 5.75 Å². The molecular weight excluding hydrogens is 320 g/mol. The number of benzene rings is 1. The molecule has 4 heteroatoms. The Labute approximate surface area is 149 Å². The van der Waals surface area contributed by atoms with Gasteiger partial charge in [0.25, 0.3) is 0 Å². The van der Waals surface area contributed by atoms with Crippen LogP contribution in [0.2, 0.25) is 0 Å². The molecule has 0 aromatic heterocycles. The van der Waals surface area contributed by atoms with Gasteiger partial charge in [0.2, 0.25) is 5.82 Å². The van der Waals surface area contributed by atoms with E-state index in [2.05, 4.69) is 11.7 Å². The molecule has 0 atom stereocenters. The van der Waals surface area contributed by atoms with E-state index in [0.29, 0.717) is 18.2 Å². The number of hydrogen-bond donors (Lipinski definition) is 0. The fourth-order valence-electron chi connectivity index (χ4n) is 4.79. The molecule has 0 heterocycles. The summed E-state index contributed by atoms with van der Waals surface area (Å²) in [6.45, 7) is 5.78. The van der Waals surface area contributed by atoms with E-state index >= 15 is 0 Å². The van der Waals surface area contributed by atoms with Gasteiger partial charge in [0.05, 0.1) is 6.61 Å². The SMILES string of the molecule is C=NC1CCC(C2CCC(c3ccc(OCC)c(F)c3F)CC2)CC1. The molecule has 0 bridgehead atoms. The molecule has 138 valence electrons. The van der Waals surface area contributed by atoms with Crippen LogP contribution in [0, 0.1) is 23.5 Å². The molecule has 3 rings (SSSR count). The maximum atomic E-state index is 14.4. The van der Waals surface area contributed by atoms with Crippen LogP contribution in [0.5, 0.6) is 5.75 Å². The highest BCUT2D eigenvalue weighted by atomic mass is 19.2. The molecule has 0 spiro atoms. The van der Waals surface area contributed by atoms with Crippen molar-refractivity contribution < 1.29 is 13.5 Å². The molecule has 2 aliphatic carbocycles. The van der Waals surface area contributed by atoms with Crippen molar-refractivity contribution in [3.63, 3.8) is 0 Å². The van der Waals surface area contributed by atoms with E-state index in [4.69, 9.17) is 4.74 Å². The topological polar surface area (TPSA) is 21.6 Å². The summed E-state index contributed by atoms with van der Waals surface area (Å²) in [5.41, 5.74) is 0.527. The van der Waals surface area contributed by atoms with E-state index in [-0.39, 0.29) is 11.7 Å². The highest BCUT2D eigenvalue weighted by Crippen LogP contribution is 2.44. The largest absolute Gasteiger partial charge is 0.491 e. The van der Waals surface area contributed by atoms with E-state index < -0.39 is 11.6 Å². The first kappa shape index (κ1) is 18.3. The fourth-order valence-corrected chi connectivity index (χ4v) is 4.79. The van der Waals surface area contributed by atoms with E-state index in [9.17, 15) is 8.78 Å². The van der Waals surface area contributed by atoms with Gasteiger partial charge in [-0.25, -0.2) is 4.39 Å². The normalized spacial score (nSPS) is 30.0. The Hall–Kier alpha value is -1.45. The lowest BCUT2D eigenvalue weighted by atomic mass is 9.69. The Kier molecular flexibility index (Phi) is 6.08. The first-order valence-corrected chi connectivity index (χ1v) is 9.70. The maximum Gasteiger partial charge on any atom is 0.200 e. The van der Waals surface area contributed by atoms with Crippen molar-refractivity contribution in [2.75, 3.05) is 6.61 Å². The van der Waals surface area contributed by atoms with Gasteiger partial charge in [-0.2, -0.15) is 4.39 Å². The Balaban J connectivity index is 1.59. The van der Waals surface area contributed by atoms with Crippen LogP contribution in [-0.4, -0.2) is 19.4 Å². The maximum absolute atomic E-state index is 14.4. The van der Waals surface area contributed by atoms with Crippen LogP contribution < -0.4 is 4.74 Å². The molecule has 0 unspecified atom stereocenters. The first-order chi connectivity index (χ1) is 12.1. The first-order valence-electron chi connectivity index (χ1n) is 9.70. The van der Waals surface area contributed by atoms with E-state index in [0.717, 1.165) is 50.4 Å². The minimum absolute atomic E-state index is 0.0185. The lowest BCUT2D eigenvalue weighted by molar-refractivity contribution is 0.177. The van der Waals surface area contributed by atoms with E-state index in [1.165, 1.54) is 12.8 Å². The third-order valence-corrected chi connectivity index (χ3v) is 6.25. The van der Waals surface area contributed by atoms with Gasteiger partial charge < -0.3 is 4.74 Å². The molecule has 1 aromatic rings. The molecule has 25 heavy (non-hydrogen) atoms. The zero-order valence-corrected chi connectivity index (χ0v) is 15.1. The lowest BCUT2D eigenvalue weighted by Crippen LogP contribution is -2.26. The highest BCUT2D eigenvalue weighted by molar-refractivity contribution is 5.33. The van der Waals surface area contributed by atoms with E-state index in [1.54, 1.807) is 19.1 Å². The summed E-state index contributed by atoms with van der Waals surface area (Å²) in [5.74, 6) is 0.111. The lowest BCUT2D eigenvalue weighted by Gasteiger charge is -2.37. The number of halogens is 2. The van der Waals surface area contributed by atoms with Crippen molar-refractivity contribution in [3.05, 3.63) is 29.3 Å². The monoisotopic (exact) mass is 349 g/mol. The van der Waals surface area contributed by atoms with Crippen molar-refractivity contribution in [1.29, 1.82) is 0 Å². The summed E-state index contributed by atoms with van der Waals surface area (Å²) in [6.07, 6.45) is 8.95. The van der Waals surface area contributed by atoms with Crippen LogP contribution in [0.3, 0.4) is 0 Å². The third kappa shape index (κ3) is 4.04. The van der Waals surface area contributed by atoms with Crippen LogP contribution in [0.25, 0.3) is 0 Å². The highest BCUT2D eigenvalue weighted by Gasteiger charge is 2.32. The zero-order chi connectivity index (χ0) is 17.8. The predicted octanol–water partition coefficient (Wildman–Crippen LogP) is 5.90. The number of ether oxygens (including phenoxy) is 1. The average Bonchev–Trinajstić information content (AvgIpc) is 2.66. The molecule has 2 nitrogen and oxygen atoms in total. The van der Waals surface area contributed by atoms with Crippen molar-refractivity contribution in [1.82, 2.24) is 0 Å². The summed E-state index contributed by atoms with van der Waals surface area (Å²) >= 11 is 0. The Morgan fingerprint density at radius 1 is 0.960 bits per heavy atom. The Morgan fingerprint density at radius 2 is 1.56 bits per heavy atom. The molecule has 0 aliphatic heterocycles. The smallest absolute Gasteiger partial charge is 0.200 e. The van der Waals surface area contributed by atoms with Gasteiger partial charge in [-0.1, -0.05) is 6.07 Å². The predicted molar refractivity (Wildman–Crippen MR) is 97.5 cm³/mol. The second-order valence-corrected chi connectivity index (χ2v) is 7.58. The van der Waals surface area contributed by atoms with Crippen LogP contribution in [0.4, 0.5) is 8.78 Å². The number of nitrogens with zero attached hydrogens (tertiary/aromatic N) is 1. The fraction of sp³-hybridized carbons (Fsp3) is 0.667. The number of aliphatic imine (C=N–C) groups is 1. The summed E-state index contributed by atoms with van der Waals surface area (Å²) in [6, 6.07) is 3.75. The van der Waals surface area contributed by atoms with Gasteiger partial charge in [-0.3, -0.25) is 4.99 Å². The van der Waals surface area contributed by atoms with Crippen LogP contribution in [0.15, 0.2) is 17.1 Å². The molecule has 1 aromatic carbocycles. The standard InChI is InChI=1S/C21H29F2NO/c1-3-25-19-13-12-18(20(22)21(19)23)16-6-4-14(5-7-16)15-8-10-17(24-2)11-9-15/h12-17H,2-11H2,1H3. The summed E-state index contributed by atoms with van der Waals surface area (Å²) in [4.78, 5) is 4.18. The summed E-state index contributed by atoms with van der Waals surface area (Å²) in [7, 11) is 0. The average molecular weight is 349 g/mol. The second-order valence-electron chi connectivity index (χ2n) is 7.58. The second kappa shape index (κ2) is 8.29. The van der Waals surface area contributed by atoms with Crippen molar-refractivity contribution in [2.45, 2.75) is 70.3 Å². The van der Waals surface area contributed by atoms with Crippen molar-refractivity contribution >= 4 is 6.72 Å². The molecule has 0 radical (unpaired) electrons. The minimum Gasteiger partial charge on any atom is -0.491 e. The Bertz CT molecular complexity index is 588. The van der Waals surface area contributed by atoms with Gasteiger partial charge >= 0.3 is 0 Å². The molecule has 2 saturated carbocycles. The minimum atomic E-state index is -0.836. The molecule has 0 amide bonds. The van der Waals surface area contributed by atoms with Crippen molar-refractivity contribution in [2.24, 2.45) is 16.8 Å². The Morgan fingerprint density at radius 3 is 2.12 bits per heavy atom. The molecule has 2 aliphatic rings. The van der Waals surface area contributed by atoms with E-state index in [1.807, 2.05) is 0 Å². The quantitative estimate of drug-likeness (QED) is 0.607. The number of hydrogen-bond acceptors (Lipinski definition) is 2. The third-order valence-electron chi connectivity index (χ3n) is 6.25. The summed E-state index contributed by atoms with van der Waals surface area (Å²) in [5, 5.41) is 0. The van der Waals surface area contributed by atoms with Gasteiger partial charge in [0.15, 0.2) is 11.6 Å². The van der Waals surface area contributed by atoms with Crippen LogP contribution in [-0.2, 0) is 0 Å². The van der Waals surface area contributed by atoms with Gasteiger partial charge in [-0.05, 0) is 94.4 Å². The van der Waals surface area contributed by atoms with Gasteiger partial charge in [-0.15, -0.1) is 0 Å².